The Morgan fingerprint density at radius 1 is 1.32 bits per heavy atom. The summed E-state index contributed by atoms with van der Waals surface area (Å²) in [4.78, 5) is 12.6. The fourth-order valence-electron chi connectivity index (χ4n) is 2.78. The highest BCUT2D eigenvalue weighted by Crippen LogP contribution is 2.26. The van der Waals surface area contributed by atoms with Crippen molar-refractivity contribution in [1.29, 1.82) is 0 Å². The number of aromatic amines is 1. The number of H-pyrrole nitrogens is 1. The van der Waals surface area contributed by atoms with E-state index >= 15 is 0 Å². The van der Waals surface area contributed by atoms with E-state index in [2.05, 4.69) is 20.8 Å². The van der Waals surface area contributed by atoms with Crippen LogP contribution in [0.5, 0.6) is 0 Å². The Kier molecular flexibility index (Phi) is 4.22. The molecule has 6 heteroatoms. The minimum absolute atomic E-state index is 0.0849. The predicted octanol–water partition coefficient (Wildman–Crippen LogP) is 1.78. The van der Waals surface area contributed by atoms with E-state index in [0.717, 1.165) is 30.0 Å². The molecule has 1 aromatic carbocycles. The normalized spacial score (nSPS) is 17.1. The lowest BCUT2D eigenvalue weighted by atomic mass is 9.91. The molecule has 0 saturated carbocycles. The molecule has 2 heterocycles. The number of rotatable bonds is 4. The molecule has 0 bridgehead atoms. The number of carbonyl (C=O) groups excluding carboxylic acids is 1. The Hall–Kier alpha value is -2.18. The van der Waals surface area contributed by atoms with Crippen LogP contribution in [0.25, 0.3) is 11.3 Å². The van der Waals surface area contributed by atoms with Gasteiger partial charge in [-0.15, -0.1) is 0 Å². The van der Waals surface area contributed by atoms with E-state index in [4.69, 9.17) is 4.74 Å². The Morgan fingerprint density at radius 3 is 2.82 bits per heavy atom. The van der Waals surface area contributed by atoms with E-state index in [0.29, 0.717) is 12.8 Å². The minimum Gasteiger partial charge on any atom is -0.368 e. The molecular weight excluding hydrogens is 280 g/mol. The summed E-state index contributed by atoms with van der Waals surface area (Å²) < 4.78 is 5.55. The number of carbonyl (C=O) groups is 1. The van der Waals surface area contributed by atoms with Crippen molar-refractivity contribution in [2.24, 2.45) is 0 Å². The van der Waals surface area contributed by atoms with Crippen molar-refractivity contribution in [3.63, 3.8) is 0 Å². The van der Waals surface area contributed by atoms with E-state index in [9.17, 15) is 4.79 Å². The van der Waals surface area contributed by atoms with Gasteiger partial charge in [-0.3, -0.25) is 9.89 Å². The first kappa shape index (κ1) is 14.7. The number of ether oxygens (including phenoxy) is 1. The Labute approximate surface area is 129 Å². The summed E-state index contributed by atoms with van der Waals surface area (Å²) in [7, 11) is 1.60. The van der Waals surface area contributed by atoms with Crippen molar-refractivity contribution in [3.05, 3.63) is 36.5 Å². The summed E-state index contributed by atoms with van der Waals surface area (Å²) in [6.07, 6.45) is 3.06. The van der Waals surface area contributed by atoms with Crippen LogP contribution >= 0.6 is 0 Å². The SMILES string of the molecule is COC1(C(=O)Nc2cccc(-c3ccn[nH]3)c2)CCNCC1. The highest BCUT2D eigenvalue weighted by Gasteiger charge is 2.39. The standard InChI is InChI=1S/C16H20N4O2/c1-22-16(6-9-17-10-7-16)15(21)19-13-4-2-3-12(11-13)14-5-8-18-20-14/h2-5,8,11,17H,6-7,9-10H2,1H3,(H,18,20)(H,19,21). The van der Waals surface area contributed by atoms with Crippen LogP contribution in [0.2, 0.25) is 0 Å². The zero-order valence-corrected chi connectivity index (χ0v) is 12.6. The molecule has 0 spiro atoms. The summed E-state index contributed by atoms with van der Waals surface area (Å²) >= 11 is 0. The van der Waals surface area contributed by atoms with E-state index in [-0.39, 0.29) is 5.91 Å². The topological polar surface area (TPSA) is 79.0 Å². The van der Waals surface area contributed by atoms with Crippen LogP contribution < -0.4 is 10.6 Å². The third-order valence-corrected chi connectivity index (χ3v) is 4.15. The van der Waals surface area contributed by atoms with Gasteiger partial charge in [0.15, 0.2) is 0 Å². The number of aromatic nitrogens is 2. The minimum atomic E-state index is -0.741. The zero-order chi connectivity index (χ0) is 15.4. The summed E-state index contributed by atoms with van der Waals surface area (Å²) in [5.41, 5.74) is 1.91. The predicted molar refractivity (Wildman–Crippen MR) is 84.5 cm³/mol. The lowest BCUT2D eigenvalue weighted by molar-refractivity contribution is -0.140. The Morgan fingerprint density at radius 2 is 2.14 bits per heavy atom. The number of methoxy groups -OCH3 is 1. The van der Waals surface area contributed by atoms with Crippen molar-refractivity contribution in [3.8, 4) is 11.3 Å². The fourth-order valence-corrected chi connectivity index (χ4v) is 2.78. The van der Waals surface area contributed by atoms with Gasteiger partial charge in [0.25, 0.3) is 5.91 Å². The molecule has 3 N–H and O–H groups in total. The molecule has 1 saturated heterocycles. The molecule has 1 aliphatic heterocycles. The maximum absolute atomic E-state index is 12.6. The average molecular weight is 300 g/mol. The largest absolute Gasteiger partial charge is 0.368 e. The summed E-state index contributed by atoms with van der Waals surface area (Å²) in [5, 5.41) is 13.1. The highest BCUT2D eigenvalue weighted by molar-refractivity contribution is 5.97. The van der Waals surface area contributed by atoms with Crippen molar-refractivity contribution < 1.29 is 9.53 Å². The molecule has 0 unspecified atom stereocenters. The second-order valence-corrected chi connectivity index (χ2v) is 5.45. The number of hydrogen-bond donors (Lipinski definition) is 3. The number of nitrogens with one attached hydrogen (secondary N) is 3. The number of amides is 1. The first-order valence-electron chi connectivity index (χ1n) is 7.41. The molecule has 6 nitrogen and oxygen atoms in total. The molecule has 3 rings (SSSR count). The molecule has 1 amide bonds. The maximum Gasteiger partial charge on any atom is 0.256 e. The van der Waals surface area contributed by atoms with Gasteiger partial charge in [0.1, 0.15) is 5.60 Å². The number of hydrogen-bond acceptors (Lipinski definition) is 4. The van der Waals surface area contributed by atoms with Crippen molar-refractivity contribution in [2.75, 3.05) is 25.5 Å². The van der Waals surface area contributed by atoms with Gasteiger partial charge in [0, 0.05) is 24.6 Å². The summed E-state index contributed by atoms with van der Waals surface area (Å²) in [6.45, 7) is 1.57. The molecule has 2 aromatic rings. The van der Waals surface area contributed by atoms with Gasteiger partial charge in [-0.2, -0.15) is 5.10 Å². The van der Waals surface area contributed by atoms with Gasteiger partial charge in [-0.1, -0.05) is 12.1 Å². The third kappa shape index (κ3) is 2.88. The summed E-state index contributed by atoms with van der Waals surface area (Å²) in [5.74, 6) is -0.0849. The van der Waals surface area contributed by atoms with Gasteiger partial charge in [0.05, 0.1) is 5.69 Å². The number of piperidine rings is 1. The Bertz CT molecular complexity index is 633. The van der Waals surface area contributed by atoms with Crippen LogP contribution in [0.15, 0.2) is 36.5 Å². The average Bonchev–Trinajstić information content (AvgIpc) is 3.10. The smallest absolute Gasteiger partial charge is 0.256 e. The number of nitrogens with zero attached hydrogens (tertiary/aromatic N) is 1. The van der Waals surface area contributed by atoms with Crippen LogP contribution in [0.3, 0.4) is 0 Å². The molecule has 0 atom stereocenters. The maximum atomic E-state index is 12.6. The first-order chi connectivity index (χ1) is 10.7. The molecule has 116 valence electrons. The molecule has 0 aliphatic carbocycles. The summed E-state index contributed by atoms with van der Waals surface area (Å²) in [6, 6.07) is 9.58. The second kappa shape index (κ2) is 6.29. The van der Waals surface area contributed by atoms with E-state index in [1.165, 1.54) is 0 Å². The van der Waals surface area contributed by atoms with Crippen molar-refractivity contribution in [2.45, 2.75) is 18.4 Å². The lowest BCUT2D eigenvalue weighted by Crippen LogP contribution is -2.51. The van der Waals surface area contributed by atoms with Gasteiger partial charge in [-0.05, 0) is 44.1 Å². The van der Waals surface area contributed by atoms with E-state index in [1.807, 2.05) is 30.3 Å². The number of anilines is 1. The molecule has 1 aromatic heterocycles. The van der Waals surface area contributed by atoms with Gasteiger partial charge in [-0.25, -0.2) is 0 Å². The number of benzene rings is 1. The second-order valence-electron chi connectivity index (χ2n) is 5.45. The lowest BCUT2D eigenvalue weighted by Gasteiger charge is -2.34. The van der Waals surface area contributed by atoms with E-state index in [1.54, 1.807) is 13.3 Å². The molecule has 1 fully saturated rings. The first-order valence-corrected chi connectivity index (χ1v) is 7.41. The van der Waals surface area contributed by atoms with Crippen LogP contribution in [0.4, 0.5) is 5.69 Å². The Balaban J connectivity index is 1.78. The highest BCUT2D eigenvalue weighted by atomic mass is 16.5. The third-order valence-electron chi connectivity index (χ3n) is 4.15. The van der Waals surface area contributed by atoms with Crippen LogP contribution in [-0.2, 0) is 9.53 Å². The van der Waals surface area contributed by atoms with Crippen LogP contribution in [-0.4, -0.2) is 41.9 Å². The molecule has 22 heavy (non-hydrogen) atoms. The van der Waals surface area contributed by atoms with Crippen molar-refractivity contribution >= 4 is 11.6 Å². The zero-order valence-electron chi connectivity index (χ0n) is 12.6. The van der Waals surface area contributed by atoms with Gasteiger partial charge in [0.2, 0.25) is 0 Å². The fraction of sp³-hybridized carbons (Fsp3) is 0.375. The quantitative estimate of drug-likeness (QED) is 0.804. The van der Waals surface area contributed by atoms with Gasteiger partial charge >= 0.3 is 0 Å². The van der Waals surface area contributed by atoms with Crippen molar-refractivity contribution in [1.82, 2.24) is 15.5 Å². The van der Waals surface area contributed by atoms with Crippen LogP contribution in [0, 0.1) is 0 Å². The van der Waals surface area contributed by atoms with Gasteiger partial charge < -0.3 is 15.4 Å². The van der Waals surface area contributed by atoms with E-state index < -0.39 is 5.60 Å². The monoisotopic (exact) mass is 300 g/mol. The van der Waals surface area contributed by atoms with Crippen LogP contribution in [0.1, 0.15) is 12.8 Å². The molecule has 0 radical (unpaired) electrons. The molecular formula is C16H20N4O2. The molecule has 1 aliphatic rings.